The first-order valence-electron chi connectivity index (χ1n) is 8.44. The highest BCUT2D eigenvalue weighted by Gasteiger charge is 2.28. The van der Waals surface area contributed by atoms with Crippen molar-refractivity contribution in [3.8, 4) is 0 Å². The zero-order chi connectivity index (χ0) is 15.4. The van der Waals surface area contributed by atoms with Crippen LogP contribution in [0.15, 0.2) is 6.20 Å². The van der Waals surface area contributed by atoms with E-state index in [1.54, 1.807) is 7.05 Å². The van der Waals surface area contributed by atoms with Gasteiger partial charge in [-0.25, -0.2) is 9.37 Å². The summed E-state index contributed by atoms with van der Waals surface area (Å²) in [7, 11) is 1.66. The third kappa shape index (κ3) is 3.66. The zero-order valence-electron chi connectivity index (χ0n) is 13.3. The quantitative estimate of drug-likeness (QED) is 0.876. The minimum absolute atomic E-state index is 0.243. The molecule has 2 fully saturated rings. The Kier molecular flexibility index (Phi) is 5.08. The van der Waals surface area contributed by atoms with E-state index in [2.05, 4.69) is 25.5 Å². The average Bonchev–Trinajstić information content (AvgIpc) is 3.04. The predicted molar refractivity (Wildman–Crippen MR) is 86.6 cm³/mol. The lowest BCUT2D eigenvalue weighted by atomic mass is 9.94. The van der Waals surface area contributed by atoms with Crippen LogP contribution in [0.1, 0.15) is 38.5 Å². The molecule has 22 heavy (non-hydrogen) atoms. The van der Waals surface area contributed by atoms with E-state index in [0.29, 0.717) is 11.9 Å². The molecule has 6 heteroatoms. The van der Waals surface area contributed by atoms with E-state index in [-0.39, 0.29) is 5.82 Å². The van der Waals surface area contributed by atoms with Crippen molar-refractivity contribution in [1.82, 2.24) is 14.9 Å². The van der Waals surface area contributed by atoms with Crippen molar-refractivity contribution in [3.63, 3.8) is 0 Å². The number of likely N-dealkylation sites (tertiary alicyclic amines) is 1. The monoisotopic (exact) mass is 307 g/mol. The molecule has 2 aliphatic rings. The number of nitrogens with zero attached hydrogens (tertiary/aromatic N) is 3. The van der Waals surface area contributed by atoms with Crippen molar-refractivity contribution in [3.05, 3.63) is 12.0 Å². The number of halogens is 1. The van der Waals surface area contributed by atoms with Crippen molar-refractivity contribution in [2.24, 2.45) is 5.92 Å². The van der Waals surface area contributed by atoms with E-state index in [9.17, 15) is 4.39 Å². The molecule has 5 nitrogen and oxygen atoms in total. The van der Waals surface area contributed by atoms with Gasteiger partial charge in [-0.15, -0.1) is 0 Å². The molecule has 1 aliphatic carbocycles. The van der Waals surface area contributed by atoms with E-state index in [0.717, 1.165) is 19.1 Å². The highest BCUT2D eigenvalue weighted by molar-refractivity contribution is 5.40. The Labute approximate surface area is 131 Å². The molecule has 0 amide bonds. The van der Waals surface area contributed by atoms with Crippen molar-refractivity contribution in [2.75, 3.05) is 37.3 Å². The average molecular weight is 307 g/mol. The van der Waals surface area contributed by atoms with Crippen LogP contribution < -0.4 is 10.6 Å². The molecule has 1 saturated carbocycles. The van der Waals surface area contributed by atoms with E-state index < -0.39 is 5.82 Å². The van der Waals surface area contributed by atoms with Gasteiger partial charge in [-0.2, -0.15) is 4.98 Å². The summed E-state index contributed by atoms with van der Waals surface area (Å²) in [5.41, 5.74) is 0. The maximum absolute atomic E-state index is 13.3. The van der Waals surface area contributed by atoms with Crippen molar-refractivity contribution in [2.45, 2.75) is 44.6 Å². The molecule has 2 N–H and O–H groups in total. The molecule has 2 heterocycles. The van der Waals surface area contributed by atoms with Crippen LogP contribution in [0.4, 0.5) is 16.2 Å². The number of hydrogen-bond acceptors (Lipinski definition) is 5. The molecule has 3 rings (SSSR count). The molecule has 1 unspecified atom stereocenters. The smallest absolute Gasteiger partial charge is 0.224 e. The first-order valence-corrected chi connectivity index (χ1v) is 8.44. The van der Waals surface area contributed by atoms with Crippen LogP contribution >= 0.6 is 0 Å². The Morgan fingerprint density at radius 2 is 2.09 bits per heavy atom. The van der Waals surface area contributed by atoms with Crippen LogP contribution in [0.3, 0.4) is 0 Å². The summed E-state index contributed by atoms with van der Waals surface area (Å²) < 4.78 is 13.3. The molecule has 1 atom stereocenters. The standard InChI is InChI=1S/C16H26FN5/c1-18-15-14(17)10-20-16(21-15)19-9-12-7-8-22(11-12)13-5-3-2-4-6-13/h10,12-13H,2-9,11H2,1H3,(H2,18,19,20,21). The SMILES string of the molecule is CNc1nc(NCC2CCN(C3CCCCC3)C2)ncc1F. The fourth-order valence-electron chi connectivity index (χ4n) is 3.67. The van der Waals surface area contributed by atoms with Gasteiger partial charge in [0.15, 0.2) is 11.6 Å². The summed E-state index contributed by atoms with van der Waals surface area (Å²) in [6, 6.07) is 0.803. The summed E-state index contributed by atoms with van der Waals surface area (Å²) in [4.78, 5) is 10.8. The minimum Gasteiger partial charge on any atom is -0.371 e. The van der Waals surface area contributed by atoms with Crippen LogP contribution in [0, 0.1) is 11.7 Å². The molecule has 0 aromatic carbocycles. The van der Waals surface area contributed by atoms with Gasteiger partial charge in [0, 0.05) is 26.2 Å². The van der Waals surface area contributed by atoms with Crippen LogP contribution in [-0.4, -0.2) is 47.6 Å². The topological polar surface area (TPSA) is 53.1 Å². The summed E-state index contributed by atoms with van der Waals surface area (Å²) >= 11 is 0. The molecule has 1 aromatic heterocycles. The van der Waals surface area contributed by atoms with Crippen molar-refractivity contribution < 1.29 is 4.39 Å². The molecule has 122 valence electrons. The van der Waals surface area contributed by atoms with Gasteiger partial charge in [0.05, 0.1) is 6.20 Å². The Hall–Kier alpha value is -1.43. The first kappa shape index (κ1) is 15.5. The molecule has 0 bridgehead atoms. The number of anilines is 2. The first-order chi connectivity index (χ1) is 10.8. The summed E-state index contributed by atoms with van der Waals surface area (Å²) in [5, 5.41) is 6.00. The molecule has 1 aliphatic heterocycles. The van der Waals surface area contributed by atoms with Crippen molar-refractivity contribution in [1.29, 1.82) is 0 Å². The fraction of sp³-hybridized carbons (Fsp3) is 0.750. The zero-order valence-corrected chi connectivity index (χ0v) is 13.3. The largest absolute Gasteiger partial charge is 0.371 e. The lowest BCUT2D eigenvalue weighted by Gasteiger charge is -2.31. The van der Waals surface area contributed by atoms with Gasteiger partial charge in [0.1, 0.15) is 0 Å². The molecular weight excluding hydrogens is 281 g/mol. The van der Waals surface area contributed by atoms with Gasteiger partial charge in [0.2, 0.25) is 5.95 Å². The number of nitrogens with one attached hydrogen (secondary N) is 2. The normalized spacial score (nSPS) is 23.6. The van der Waals surface area contributed by atoms with E-state index in [4.69, 9.17) is 0 Å². The van der Waals surface area contributed by atoms with Gasteiger partial charge in [-0.05, 0) is 31.7 Å². The van der Waals surface area contributed by atoms with E-state index in [1.807, 2.05) is 0 Å². The minimum atomic E-state index is -0.419. The maximum Gasteiger partial charge on any atom is 0.224 e. The highest BCUT2D eigenvalue weighted by atomic mass is 19.1. The number of hydrogen-bond donors (Lipinski definition) is 2. The lowest BCUT2D eigenvalue weighted by molar-refractivity contribution is 0.186. The maximum atomic E-state index is 13.3. The summed E-state index contributed by atoms with van der Waals surface area (Å²) in [6.07, 6.45) is 9.36. The number of rotatable bonds is 5. The molecule has 1 aromatic rings. The summed E-state index contributed by atoms with van der Waals surface area (Å²) in [5.74, 6) is 0.959. The number of aromatic nitrogens is 2. The van der Waals surface area contributed by atoms with Crippen LogP contribution in [0.25, 0.3) is 0 Å². The van der Waals surface area contributed by atoms with Crippen LogP contribution in [0.5, 0.6) is 0 Å². The molecule has 0 radical (unpaired) electrons. The van der Waals surface area contributed by atoms with E-state index in [1.165, 1.54) is 51.3 Å². The lowest BCUT2D eigenvalue weighted by Crippen LogP contribution is -2.35. The third-order valence-corrected chi connectivity index (χ3v) is 4.94. The Bertz CT molecular complexity index is 489. The van der Waals surface area contributed by atoms with E-state index >= 15 is 0 Å². The second-order valence-corrected chi connectivity index (χ2v) is 6.46. The Balaban J connectivity index is 1.48. The second kappa shape index (κ2) is 7.22. The molecule has 0 spiro atoms. The summed E-state index contributed by atoms with van der Waals surface area (Å²) in [6.45, 7) is 3.23. The third-order valence-electron chi connectivity index (χ3n) is 4.94. The van der Waals surface area contributed by atoms with Gasteiger partial charge >= 0.3 is 0 Å². The van der Waals surface area contributed by atoms with Crippen LogP contribution in [-0.2, 0) is 0 Å². The molecular formula is C16H26FN5. The fourth-order valence-corrected chi connectivity index (χ4v) is 3.67. The Morgan fingerprint density at radius 1 is 1.27 bits per heavy atom. The van der Waals surface area contributed by atoms with Gasteiger partial charge in [-0.1, -0.05) is 19.3 Å². The van der Waals surface area contributed by atoms with Gasteiger partial charge < -0.3 is 15.5 Å². The Morgan fingerprint density at radius 3 is 2.86 bits per heavy atom. The highest BCUT2D eigenvalue weighted by Crippen LogP contribution is 2.27. The van der Waals surface area contributed by atoms with Gasteiger partial charge in [0.25, 0.3) is 0 Å². The molecule has 1 saturated heterocycles. The second-order valence-electron chi connectivity index (χ2n) is 6.46. The van der Waals surface area contributed by atoms with Crippen LogP contribution in [0.2, 0.25) is 0 Å². The van der Waals surface area contributed by atoms with Crippen molar-refractivity contribution >= 4 is 11.8 Å². The van der Waals surface area contributed by atoms with Gasteiger partial charge in [-0.3, -0.25) is 0 Å². The predicted octanol–water partition coefficient (Wildman–Crippen LogP) is 2.72.